The van der Waals surface area contributed by atoms with Gasteiger partial charge in [0.25, 0.3) is 5.91 Å². The second-order valence-electron chi connectivity index (χ2n) is 12.0. The van der Waals surface area contributed by atoms with Crippen LogP contribution in [0.15, 0.2) is 96.9 Å². The number of carbonyl (C=O) groups excluding carboxylic acids is 2. The Bertz CT molecular complexity index is 1460. The third-order valence-electron chi connectivity index (χ3n) is 8.09. The Morgan fingerprint density at radius 2 is 1.67 bits per heavy atom. The molecule has 0 saturated carbocycles. The summed E-state index contributed by atoms with van der Waals surface area (Å²) < 4.78 is 17.4. The monoisotopic (exact) mass is 629 g/mol. The maximum Gasteiger partial charge on any atom is 0.252 e. The van der Waals surface area contributed by atoms with Crippen LogP contribution in [0.25, 0.3) is 11.1 Å². The molecule has 3 aromatic carbocycles. The third-order valence-corrected chi connectivity index (χ3v) is 8.09. The van der Waals surface area contributed by atoms with Crippen LogP contribution in [0.4, 0.5) is 0 Å². The van der Waals surface area contributed by atoms with Crippen LogP contribution in [-0.4, -0.2) is 65.6 Å². The molecule has 2 aliphatic rings. The van der Waals surface area contributed by atoms with Crippen molar-refractivity contribution in [2.45, 2.75) is 76.4 Å². The number of benzene rings is 3. The number of amides is 2. The maximum atomic E-state index is 13.7. The van der Waals surface area contributed by atoms with Gasteiger partial charge in [-0.3, -0.25) is 19.9 Å². The number of nitrogens with one attached hydrogen (secondary N) is 2. The van der Waals surface area contributed by atoms with Crippen LogP contribution >= 0.6 is 0 Å². The van der Waals surface area contributed by atoms with Crippen molar-refractivity contribution in [3.63, 3.8) is 0 Å². The topological polar surface area (TPSA) is 119 Å². The first-order chi connectivity index (χ1) is 22.2. The van der Waals surface area contributed by atoms with Gasteiger partial charge in [-0.05, 0) is 41.5 Å². The zero-order valence-corrected chi connectivity index (χ0v) is 26.6. The number of hydrogen-bond donors (Lipinski definition) is 3. The highest BCUT2D eigenvalue weighted by atomic mass is 16.7. The second-order valence-corrected chi connectivity index (χ2v) is 12.0. The molecule has 2 fully saturated rings. The van der Waals surface area contributed by atoms with Crippen molar-refractivity contribution in [1.82, 2.24) is 15.7 Å². The molecule has 0 aromatic heterocycles. The zero-order chi connectivity index (χ0) is 32.5. The minimum atomic E-state index is -1.35. The number of hydrogen-bond acceptors (Lipinski definition) is 8. The summed E-state index contributed by atoms with van der Waals surface area (Å²) >= 11 is 0. The van der Waals surface area contributed by atoms with Crippen LogP contribution in [0.3, 0.4) is 0 Å². The molecular formula is C36H43N3O7. The Kier molecular flexibility index (Phi) is 11.1. The number of methoxy groups -OCH3 is 1. The first-order valence-corrected chi connectivity index (χ1v) is 15.7. The van der Waals surface area contributed by atoms with Gasteiger partial charge < -0.3 is 29.5 Å². The Balaban J connectivity index is 1.22. The van der Waals surface area contributed by atoms with Crippen LogP contribution in [0, 0.1) is 0 Å². The summed E-state index contributed by atoms with van der Waals surface area (Å²) in [5.41, 5.74) is 6.91. The molecule has 5 rings (SSSR count). The number of rotatable bonds is 11. The number of hydroxylamine groups is 1. The molecule has 3 aromatic rings. The van der Waals surface area contributed by atoms with Crippen molar-refractivity contribution in [2.75, 3.05) is 13.7 Å². The average Bonchev–Trinajstić information content (AvgIpc) is 3.23. The van der Waals surface area contributed by atoms with Crippen molar-refractivity contribution in [1.29, 1.82) is 0 Å². The Labute approximate surface area is 270 Å². The minimum Gasteiger partial charge on any atom is -0.463 e. The number of ether oxygens (including phenoxy) is 3. The summed E-state index contributed by atoms with van der Waals surface area (Å²) in [4.78, 5) is 34.6. The minimum absolute atomic E-state index is 0.124. The van der Waals surface area contributed by atoms with Crippen molar-refractivity contribution >= 4 is 11.8 Å². The van der Waals surface area contributed by atoms with Crippen LogP contribution in [0.5, 0.6) is 0 Å². The van der Waals surface area contributed by atoms with Gasteiger partial charge in [0, 0.05) is 34.0 Å². The highest BCUT2D eigenvalue weighted by Crippen LogP contribution is 2.32. The van der Waals surface area contributed by atoms with E-state index in [1.165, 1.54) is 13.3 Å². The molecular weight excluding hydrogens is 586 g/mol. The molecule has 0 spiro atoms. The largest absolute Gasteiger partial charge is 0.463 e. The zero-order valence-electron chi connectivity index (χ0n) is 26.6. The lowest BCUT2D eigenvalue weighted by Crippen LogP contribution is -2.59. The molecule has 2 amide bonds. The SMILES string of the molecule is CO[C@@H](C(=O)N[C@H]1CCCCN(Cc2ccc(-c3ccccc3)cc2)C1=O)[C@@H]1OC(C)(C)OC(=CNOCc2ccccc2)[C@@H]1O. The van der Waals surface area contributed by atoms with E-state index in [-0.39, 0.29) is 11.7 Å². The molecule has 0 unspecified atom stereocenters. The second kappa shape index (κ2) is 15.4. The number of likely N-dealkylation sites (tertiary alicyclic amines) is 1. The fourth-order valence-corrected chi connectivity index (χ4v) is 5.76. The van der Waals surface area contributed by atoms with Crippen LogP contribution in [0.1, 0.15) is 44.2 Å². The normalized spacial score (nSPS) is 22.9. The van der Waals surface area contributed by atoms with Crippen molar-refractivity contribution in [3.8, 4) is 11.1 Å². The molecule has 10 nitrogen and oxygen atoms in total. The molecule has 2 aliphatic heterocycles. The molecule has 2 saturated heterocycles. The lowest BCUT2D eigenvalue weighted by Gasteiger charge is -2.42. The Morgan fingerprint density at radius 3 is 2.37 bits per heavy atom. The van der Waals surface area contributed by atoms with Gasteiger partial charge in [0.1, 0.15) is 24.0 Å². The van der Waals surface area contributed by atoms with Crippen LogP contribution in [-0.2, 0) is 41.8 Å². The van der Waals surface area contributed by atoms with Crippen molar-refractivity contribution in [2.24, 2.45) is 0 Å². The predicted octanol–water partition coefficient (Wildman–Crippen LogP) is 4.44. The van der Waals surface area contributed by atoms with E-state index in [2.05, 4.69) is 35.1 Å². The first-order valence-electron chi connectivity index (χ1n) is 15.7. The van der Waals surface area contributed by atoms with Gasteiger partial charge >= 0.3 is 0 Å². The maximum absolute atomic E-state index is 13.7. The number of carbonyl (C=O) groups is 2. The average molecular weight is 630 g/mol. The highest BCUT2D eigenvalue weighted by Gasteiger charge is 2.47. The third kappa shape index (κ3) is 8.52. The highest BCUT2D eigenvalue weighted by molar-refractivity contribution is 5.90. The molecule has 10 heteroatoms. The van der Waals surface area contributed by atoms with Gasteiger partial charge in [-0.2, -0.15) is 0 Å². The summed E-state index contributed by atoms with van der Waals surface area (Å²) in [5, 5.41) is 14.1. The molecule has 4 atom stereocenters. The molecule has 46 heavy (non-hydrogen) atoms. The van der Waals surface area contributed by atoms with Gasteiger partial charge in [-0.25, -0.2) is 0 Å². The number of nitrogens with zero attached hydrogens (tertiary/aromatic N) is 1. The summed E-state index contributed by atoms with van der Waals surface area (Å²) in [6.07, 6.45) is -0.176. The Hall–Kier alpha value is -4.22. The van der Waals surface area contributed by atoms with Gasteiger partial charge in [-0.1, -0.05) is 84.9 Å². The van der Waals surface area contributed by atoms with Gasteiger partial charge in [0.2, 0.25) is 11.7 Å². The van der Waals surface area contributed by atoms with E-state index in [4.69, 9.17) is 19.0 Å². The quantitative estimate of drug-likeness (QED) is 0.211. The molecule has 3 N–H and O–H groups in total. The van der Waals surface area contributed by atoms with Gasteiger partial charge in [0.15, 0.2) is 6.10 Å². The van der Waals surface area contributed by atoms with E-state index < -0.39 is 36.0 Å². The molecule has 0 radical (unpaired) electrons. The van der Waals surface area contributed by atoms with Gasteiger partial charge in [-0.15, -0.1) is 0 Å². The summed E-state index contributed by atoms with van der Waals surface area (Å²) in [5.74, 6) is -1.76. The van der Waals surface area contributed by atoms with E-state index in [1.807, 2.05) is 60.7 Å². The molecule has 0 aliphatic carbocycles. The first kappa shape index (κ1) is 33.2. The fourth-order valence-electron chi connectivity index (χ4n) is 5.76. The molecule has 0 bridgehead atoms. The van der Waals surface area contributed by atoms with E-state index >= 15 is 0 Å². The van der Waals surface area contributed by atoms with Crippen molar-refractivity contribution in [3.05, 3.63) is 108 Å². The number of aliphatic hydroxyl groups is 1. The smallest absolute Gasteiger partial charge is 0.252 e. The number of aliphatic hydroxyl groups excluding tert-OH is 1. The van der Waals surface area contributed by atoms with E-state index in [0.717, 1.165) is 35.1 Å². The van der Waals surface area contributed by atoms with E-state index in [1.54, 1.807) is 18.7 Å². The predicted molar refractivity (Wildman–Crippen MR) is 172 cm³/mol. The van der Waals surface area contributed by atoms with Gasteiger partial charge in [0.05, 0.1) is 12.8 Å². The Morgan fingerprint density at radius 1 is 1.00 bits per heavy atom. The van der Waals surface area contributed by atoms with E-state index in [0.29, 0.717) is 26.1 Å². The molecule has 244 valence electrons. The van der Waals surface area contributed by atoms with E-state index in [9.17, 15) is 14.7 Å². The summed E-state index contributed by atoms with van der Waals surface area (Å²) in [6, 6.07) is 27.2. The lowest BCUT2D eigenvalue weighted by atomic mass is 10.0. The summed E-state index contributed by atoms with van der Waals surface area (Å²) in [7, 11) is 1.37. The van der Waals surface area contributed by atoms with Crippen LogP contribution < -0.4 is 10.8 Å². The standard InChI is InChI=1S/C36H43N3O7/c1-36(2)45-30(22-37-44-24-26-12-6-4-7-13-26)31(40)32(46-36)33(43-3)34(41)38-29-16-10-11-21-39(35(29)42)23-25-17-19-28(20-18-25)27-14-8-5-9-15-27/h4-9,12-15,17-20,22,29,31-33,37,40H,10-11,16,21,23-24H2,1-3H3,(H,38,41)/t29-,31-,32+,33+/m0/s1. The summed E-state index contributed by atoms with van der Waals surface area (Å²) in [6.45, 7) is 4.68. The molecule has 2 heterocycles. The van der Waals surface area contributed by atoms with Crippen LogP contribution in [0.2, 0.25) is 0 Å². The van der Waals surface area contributed by atoms with Crippen molar-refractivity contribution < 1.29 is 33.7 Å². The lowest BCUT2D eigenvalue weighted by molar-refractivity contribution is -0.291. The fraction of sp³-hybridized carbons (Fsp3) is 0.389.